The van der Waals surface area contributed by atoms with Gasteiger partial charge in [0.25, 0.3) is 7.82 Å². The Hall–Kier alpha value is -1.77. The second kappa shape index (κ2) is 47.9. The fourth-order valence-electron chi connectivity index (χ4n) is 8.21. The number of phosphoric ester groups is 1. The normalized spacial score (nSPS) is 14.1. The molecule has 0 spiro atoms. The van der Waals surface area contributed by atoms with Crippen molar-refractivity contribution in [3.63, 3.8) is 0 Å². The molecule has 0 aliphatic heterocycles. The predicted octanol–water partition coefficient (Wildman–Crippen LogP) is 16.1. The van der Waals surface area contributed by atoms with Crippen LogP contribution in [0.2, 0.25) is 0 Å². The van der Waals surface area contributed by atoms with Gasteiger partial charge in [0.1, 0.15) is 19.3 Å². The maximum Gasteiger partial charge on any atom is 0.306 e. The van der Waals surface area contributed by atoms with Crippen LogP contribution in [0.4, 0.5) is 0 Å². The molecule has 3 unspecified atom stereocenters. The molecule has 1 N–H and O–H groups in total. The molecule has 0 heterocycles. The first-order chi connectivity index (χ1) is 32.4. The zero-order chi connectivity index (χ0) is 49.4. The SMILES string of the molecule is CC/C=C/C/C=C/CCCCCCCCCC(=O)OC(/C=C/CCCCCCCCCCC)C(COP(=O)([O-])OCC[N+](C)(C)C)NC(=O)CCCCCCCCCCCCCCCCCC. The molecule has 0 aromatic rings. The van der Waals surface area contributed by atoms with E-state index < -0.39 is 20.0 Å². The second-order valence-corrected chi connectivity index (χ2v) is 21.8. The molecule has 0 aliphatic rings. The molecule has 0 radical (unpaired) electrons. The van der Waals surface area contributed by atoms with E-state index in [-0.39, 0.29) is 31.5 Å². The van der Waals surface area contributed by atoms with Crippen molar-refractivity contribution in [2.45, 2.75) is 277 Å². The Kier molecular flexibility index (Phi) is 46.6. The molecule has 67 heavy (non-hydrogen) atoms. The Morgan fingerprint density at radius 3 is 1.42 bits per heavy atom. The number of hydrogen-bond acceptors (Lipinski definition) is 7. The molecule has 0 saturated heterocycles. The van der Waals surface area contributed by atoms with Gasteiger partial charge in [-0.05, 0) is 57.4 Å². The number of hydrogen-bond donors (Lipinski definition) is 1. The summed E-state index contributed by atoms with van der Waals surface area (Å²) in [6.07, 6.45) is 55.3. The van der Waals surface area contributed by atoms with E-state index in [0.29, 0.717) is 17.4 Å². The van der Waals surface area contributed by atoms with Crippen LogP contribution in [0.15, 0.2) is 36.5 Å². The quantitative estimate of drug-likeness (QED) is 0.0212. The van der Waals surface area contributed by atoms with Gasteiger partial charge in [0.15, 0.2) is 0 Å². The third kappa shape index (κ3) is 49.0. The van der Waals surface area contributed by atoms with Crippen molar-refractivity contribution < 1.29 is 37.3 Å². The zero-order valence-electron chi connectivity index (χ0n) is 44.9. The summed E-state index contributed by atoms with van der Waals surface area (Å²) in [5.74, 6) is -0.543. The highest BCUT2D eigenvalue weighted by molar-refractivity contribution is 7.45. The van der Waals surface area contributed by atoms with Gasteiger partial charge in [0.2, 0.25) is 5.91 Å². The van der Waals surface area contributed by atoms with Gasteiger partial charge in [-0.2, -0.15) is 0 Å². The molecule has 0 fully saturated rings. The summed E-state index contributed by atoms with van der Waals surface area (Å²) in [5, 5.41) is 3.02. The summed E-state index contributed by atoms with van der Waals surface area (Å²) >= 11 is 0. The van der Waals surface area contributed by atoms with Crippen LogP contribution in [0, 0.1) is 0 Å². The fraction of sp³-hybridized carbons (Fsp3) is 0.860. The second-order valence-electron chi connectivity index (χ2n) is 20.4. The molecule has 0 saturated carbocycles. The van der Waals surface area contributed by atoms with E-state index in [1.54, 1.807) is 0 Å². The predicted molar refractivity (Wildman–Crippen MR) is 284 cm³/mol. The highest BCUT2D eigenvalue weighted by Crippen LogP contribution is 2.38. The van der Waals surface area contributed by atoms with Gasteiger partial charge in [0.05, 0.1) is 33.8 Å². The average molecular weight is 965 g/mol. The number of rotatable bonds is 51. The number of allylic oxidation sites excluding steroid dienone is 5. The number of esters is 1. The van der Waals surface area contributed by atoms with Crippen LogP contribution in [-0.2, 0) is 27.9 Å². The van der Waals surface area contributed by atoms with E-state index in [0.717, 1.165) is 83.5 Å². The van der Waals surface area contributed by atoms with E-state index >= 15 is 0 Å². The first-order valence-corrected chi connectivity index (χ1v) is 29.8. The van der Waals surface area contributed by atoms with Gasteiger partial charge in [0, 0.05) is 12.8 Å². The van der Waals surface area contributed by atoms with Crippen LogP contribution in [0.3, 0.4) is 0 Å². The summed E-state index contributed by atoms with van der Waals surface area (Å²) in [5.41, 5.74) is 0. The number of nitrogens with zero attached hydrogens (tertiary/aromatic N) is 1. The number of amides is 1. The summed E-state index contributed by atoms with van der Waals surface area (Å²) in [6, 6.07) is -0.885. The lowest BCUT2D eigenvalue weighted by Crippen LogP contribution is -2.47. The number of nitrogens with one attached hydrogen (secondary N) is 1. The Balaban J connectivity index is 5.31. The third-order valence-corrected chi connectivity index (χ3v) is 13.5. The Bertz CT molecular complexity index is 1250. The maximum absolute atomic E-state index is 13.5. The van der Waals surface area contributed by atoms with Crippen LogP contribution >= 0.6 is 7.82 Å². The molecule has 9 nitrogen and oxygen atoms in total. The number of quaternary nitrogens is 1. The summed E-state index contributed by atoms with van der Waals surface area (Å²) in [7, 11) is 1.19. The van der Waals surface area contributed by atoms with E-state index in [4.69, 9.17) is 13.8 Å². The van der Waals surface area contributed by atoms with E-state index in [2.05, 4.69) is 50.4 Å². The molecule has 3 atom stereocenters. The van der Waals surface area contributed by atoms with Crippen LogP contribution in [0.25, 0.3) is 0 Å². The topological polar surface area (TPSA) is 114 Å². The molecule has 0 aromatic heterocycles. The van der Waals surface area contributed by atoms with Crippen molar-refractivity contribution >= 4 is 19.7 Å². The maximum atomic E-state index is 13.5. The minimum Gasteiger partial charge on any atom is -0.756 e. The molecule has 0 rings (SSSR count). The first kappa shape index (κ1) is 65.2. The molecule has 0 aromatic carbocycles. The van der Waals surface area contributed by atoms with Crippen LogP contribution in [-0.4, -0.2) is 69.4 Å². The minimum absolute atomic E-state index is 0.0217. The number of carbonyl (C=O) groups is 2. The van der Waals surface area contributed by atoms with Crippen LogP contribution in [0.1, 0.15) is 265 Å². The molecule has 0 aliphatic carbocycles. The van der Waals surface area contributed by atoms with Crippen molar-refractivity contribution in [3.05, 3.63) is 36.5 Å². The smallest absolute Gasteiger partial charge is 0.306 e. The van der Waals surface area contributed by atoms with Crippen molar-refractivity contribution in [3.8, 4) is 0 Å². The molecule has 0 bridgehead atoms. The largest absolute Gasteiger partial charge is 0.756 e. The highest BCUT2D eigenvalue weighted by atomic mass is 31.2. The lowest BCUT2D eigenvalue weighted by Gasteiger charge is -2.30. The van der Waals surface area contributed by atoms with Crippen LogP contribution < -0.4 is 10.2 Å². The van der Waals surface area contributed by atoms with Gasteiger partial charge in [-0.15, -0.1) is 0 Å². The van der Waals surface area contributed by atoms with E-state index in [9.17, 15) is 19.0 Å². The number of carbonyl (C=O) groups excluding carboxylic acids is 2. The molecular weight excluding hydrogens is 856 g/mol. The average Bonchev–Trinajstić information content (AvgIpc) is 3.28. The standard InChI is InChI=1S/C57H109N2O7P/c1-7-10-13-16-19-22-25-27-29-30-31-34-37-40-43-46-49-56(60)58-54(53-65-67(62,63)64-52-51-59(4,5)6)55(48-45-42-39-36-33-24-21-18-15-12-9-3)66-57(61)50-47-44-41-38-35-32-28-26-23-20-17-14-11-8-2/h11,14,20,23,45,48,54-55H,7-10,12-13,15-19,21-22,24-44,46-47,49-53H2,1-6H3,(H-,58,60,62,63)/b14-11+,23-20+,48-45+. The molecule has 1 amide bonds. The molecule has 10 heteroatoms. The molecule has 394 valence electrons. The van der Waals surface area contributed by atoms with E-state index in [1.165, 1.54) is 148 Å². The Morgan fingerprint density at radius 1 is 0.537 bits per heavy atom. The number of unbranched alkanes of at least 4 members (excludes halogenated alkanes) is 31. The fourth-order valence-corrected chi connectivity index (χ4v) is 8.93. The highest BCUT2D eigenvalue weighted by Gasteiger charge is 2.27. The monoisotopic (exact) mass is 965 g/mol. The Labute approximate surface area is 415 Å². The van der Waals surface area contributed by atoms with Gasteiger partial charge < -0.3 is 28.5 Å². The number of phosphoric acid groups is 1. The lowest BCUT2D eigenvalue weighted by molar-refractivity contribution is -0.870. The van der Waals surface area contributed by atoms with Crippen molar-refractivity contribution in [1.29, 1.82) is 0 Å². The first-order valence-electron chi connectivity index (χ1n) is 28.3. The van der Waals surface area contributed by atoms with Crippen molar-refractivity contribution in [2.75, 3.05) is 40.9 Å². The Morgan fingerprint density at radius 2 is 0.955 bits per heavy atom. The third-order valence-electron chi connectivity index (χ3n) is 12.6. The van der Waals surface area contributed by atoms with Crippen molar-refractivity contribution in [1.82, 2.24) is 5.32 Å². The molecular formula is C57H109N2O7P. The minimum atomic E-state index is -4.69. The summed E-state index contributed by atoms with van der Waals surface area (Å²) in [4.78, 5) is 39.8. The van der Waals surface area contributed by atoms with Gasteiger partial charge in [-0.25, -0.2) is 0 Å². The number of ether oxygens (including phenoxy) is 1. The number of likely N-dealkylation sites (N-methyl/N-ethyl adjacent to an activating group) is 1. The van der Waals surface area contributed by atoms with Crippen molar-refractivity contribution in [2.24, 2.45) is 0 Å². The van der Waals surface area contributed by atoms with E-state index in [1.807, 2.05) is 33.3 Å². The lowest BCUT2D eigenvalue weighted by atomic mass is 10.0. The zero-order valence-corrected chi connectivity index (χ0v) is 45.8. The summed E-state index contributed by atoms with van der Waals surface area (Å²) < 4.78 is 30.2. The van der Waals surface area contributed by atoms with Gasteiger partial charge >= 0.3 is 5.97 Å². The van der Waals surface area contributed by atoms with Gasteiger partial charge in [-0.3, -0.25) is 14.2 Å². The van der Waals surface area contributed by atoms with Gasteiger partial charge in [-0.1, -0.05) is 231 Å². The summed E-state index contributed by atoms with van der Waals surface area (Å²) in [6.45, 7) is 6.74. The van der Waals surface area contributed by atoms with Crippen LogP contribution in [0.5, 0.6) is 0 Å².